The van der Waals surface area contributed by atoms with E-state index >= 15 is 0 Å². The molecule has 0 radical (unpaired) electrons. The van der Waals surface area contributed by atoms with Crippen molar-refractivity contribution in [2.45, 2.75) is 277 Å². The molecule has 0 N–H and O–H groups in total. The molecule has 0 saturated carbocycles. The fourth-order valence-corrected chi connectivity index (χ4v) is 7.39. The minimum absolute atomic E-state index is 0.0776. The molecule has 0 unspecified atom stereocenters. The third kappa shape index (κ3) is 46.7. The Bertz CT molecular complexity index is 1020. The molecule has 1 atom stereocenters. The highest BCUT2D eigenvalue weighted by molar-refractivity contribution is 5.71. The van der Waals surface area contributed by atoms with Crippen LogP contribution in [0.25, 0.3) is 0 Å². The summed E-state index contributed by atoms with van der Waals surface area (Å²) in [6.07, 6.45) is 56.9. The van der Waals surface area contributed by atoms with E-state index in [1.165, 1.54) is 141 Å². The highest BCUT2D eigenvalue weighted by Gasteiger charge is 2.19. The highest BCUT2D eigenvalue weighted by atomic mass is 16.6. The molecule has 0 rings (SSSR count). The maximum Gasteiger partial charge on any atom is 0.306 e. The Morgan fingerprint density at radius 1 is 0.333 bits per heavy atom. The predicted octanol–water partition coefficient (Wildman–Crippen LogP) is 16.9. The smallest absolute Gasteiger partial charge is 0.306 e. The quantitative estimate of drug-likeness (QED) is 0.0263. The van der Waals surface area contributed by atoms with E-state index in [-0.39, 0.29) is 31.1 Å². The van der Waals surface area contributed by atoms with Crippen molar-refractivity contribution < 1.29 is 28.6 Å². The Labute approximate surface area is 372 Å². The highest BCUT2D eigenvalue weighted by Crippen LogP contribution is 2.15. The van der Waals surface area contributed by atoms with Crippen molar-refractivity contribution in [3.8, 4) is 0 Å². The number of allylic oxidation sites excluding steroid dienone is 6. The Hall–Kier alpha value is -2.37. The number of hydrogen-bond acceptors (Lipinski definition) is 6. The maximum atomic E-state index is 12.8. The van der Waals surface area contributed by atoms with Gasteiger partial charge in [0.2, 0.25) is 0 Å². The molecule has 0 aromatic carbocycles. The van der Waals surface area contributed by atoms with E-state index in [2.05, 4.69) is 57.2 Å². The van der Waals surface area contributed by atoms with Gasteiger partial charge in [-0.3, -0.25) is 14.4 Å². The van der Waals surface area contributed by atoms with Gasteiger partial charge in [0, 0.05) is 19.3 Å². The molecule has 0 saturated heterocycles. The van der Waals surface area contributed by atoms with Crippen LogP contribution in [0.5, 0.6) is 0 Å². The van der Waals surface area contributed by atoms with Crippen molar-refractivity contribution in [2.75, 3.05) is 13.2 Å². The maximum absolute atomic E-state index is 12.8. The van der Waals surface area contributed by atoms with Gasteiger partial charge >= 0.3 is 17.9 Å². The van der Waals surface area contributed by atoms with Crippen molar-refractivity contribution >= 4 is 17.9 Å². The molecule has 6 nitrogen and oxygen atoms in total. The standard InChI is InChI=1S/C54H98O6/c1-4-7-10-13-16-19-22-25-27-30-32-35-38-41-44-47-53(56)59-50-51(49-58-52(55)46-43-40-37-34-31-28-24-21-18-15-12-9-6-3)60-54(57)48-45-42-39-36-33-29-26-23-20-17-14-11-8-5-2/h14,17,21,23-24,26,51H,4-13,15-16,18-20,22,25,27-50H2,1-3H3/b17-14+,24-21+,26-23+/t51-/m1/s1. The van der Waals surface area contributed by atoms with E-state index in [9.17, 15) is 14.4 Å². The molecule has 60 heavy (non-hydrogen) atoms. The molecular formula is C54H98O6. The van der Waals surface area contributed by atoms with E-state index in [4.69, 9.17) is 14.2 Å². The molecule has 0 aromatic rings. The van der Waals surface area contributed by atoms with Crippen LogP contribution in [0.15, 0.2) is 36.5 Å². The molecule has 0 aliphatic heterocycles. The van der Waals surface area contributed by atoms with E-state index in [1.807, 2.05) is 0 Å². The van der Waals surface area contributed by atoms with Gasteiger partial charge in [-0.15, -0.1) is 0 Å². The number of unbranched alkanes of at least 4 members (excludes halogenated alkanes) is 30. The Balaban J connectivity index is 4.38. The predicted molar refractivity (Wildman–Crippen MR) is 256 cm³/mol. The number of hydrogen-bond donors (Lipinski definition) is 0. The van der Waals surface area contributed by atoms with Gasteiger partial charge < -0.3 is 14.2 Å². The molecule has 0 bridgehead atoms. The van der Waals surface area contributed by atoms with Crippen molar-refractivity contribution in [3.63, 3.8) is 0 Å². The molecule has 0 aliphatic rings. The lowest BCUT2D eigenvalue weighted by atomic mass is 10.0. The monoisotopic (exact) mass is 843 g/mol. The Morgan fingerprint density at radius 3 is 1.00 bits per heavy atom. The van der Waals surface area contributed by atoms with Crippen LogP contribution in [0.1, 0.15) is 271 Å². The van der Waals surface area contributed by atoms with Gasteiger partial charge in [-0.05, 0) is 70.6 Å². The second-order valence-corrected chi connectivity index (χ2v) is 17.4. The summed E-state index contributed by atoms with van der Waals surface area (Å²) >= 11 is 0. The van der Waals surface area contributed by atoms with E-state index < -0.39 is 6.10 Å². The lowest BCUT2D eigenvalue weighted by Crippen LogP contribution is -2.30. The minimum Gasteiger partial charge on any atom is -0.462 e. The van der Waals surface area contributed by atoms with Crippen LogP contribution in [0.4, 0.5) is 0 Å². The number of esters is 3. The molecule has 0 fully saturated rings. The number of ether oxygens (including phenoxy) is 3. The first-order valence-corrected chi connectivity index (χ1v) is 26.0. The second kappa shape index (κ2) is 49.3. The number of carbonyl (C=O) groups excluding carboxylic acids is 3. The summed E-state index contributed by atoms with van der Waals surface area (Å²) < 4.78 is 16.8. The fourth-order valence-electron chi connectivity index (χ4n) is 7.39. The van der Waals surface area contributed by atoms with Crippen LogP contribution in [0.3, 0.4) is 0 Å². The van der Waals surface area contributed by atoms with Gasteiger partial charge in [-0.1, -0.05) is 218 Å². The molecule has 0 aromatic heterocycles. The topological polar surface area (TPSA) is 78.9 Å². The van der Waals surface area contributed by atoms with Crippen molar-refractivity contribution in [1.82, 2.24) is 0 Å². The van der Waals surface area contributed by atoms with Crippen LogP contribution in [-0.2, 0) is 28.6 Å². The zero-order chi connectivity index (χ0) is 43.7. The van der Waals surface area contributed by atoms with Crippen LogP contribution >= 0.6 is 0 Å². The van der Waals surface area contributed by atoms with Crippen LogP contribution in [0, 0.1) is 0 Å². The van der Waals surface area contributed by atoms with E-state index in [0.29, 0.717) is 19.3 Å². The van der Waals surface area contributed by atoms with Crippen molar-refractivity contribution in [3.05, 3.63) is 36.5 Å². The number of rotatable bonds is 47. The third-order valence-corrected chi connectivity index (χ3v) is 11.4. The molecule has 0 spiro atoms. The van der Waals surface area contributed by atoms with Crippen LogP contribution < -0.4 is 0 Å². The SMILES string of the molecule is CCCC/C=C/C/C=C/CCCCCCCC(=O)O[C@H](COC(=O)CCCCCCC/C=C/CCCCCC)COC(=O)CCCCCCCCCCCCCCCCC. The molecule has 0 amide bonds. The summed E-state index contributed by atoms with van der Waals surface area (Å²) in [6.45, 7) is 6.58. The summed E-state index contributed by atoms with van der Waals surface area (Å²) in [5.41, 5.74) is 0. The fraction of sp³-hybridized carbons (Fsp3) is 0.833. The zero-order valence-electron chi connectivity index (χ0n) is 40.0. The van der Waals surface area contributed by atoms with E-state index in [0.717, 1.165) is 89.9 Å². The molecular weight excluding hydrogens is 745 g/mol. The minimum atomic E-state index is -0.778. The largest absolute Gasteiger partial charge is 0.462 e. The van der Waals surface area contributed by atoms with Gasteiger partial charge in [-0.25, -0.2) is 0 Å². The Morgan fingerprint density at radius 2 is 0.617 bits per heavy atom. The average molecular weight is 843 g/mol. The first kappa shape index (κ1) is 57.6. The van der Waals surface area contributed by atoms with Crippen LogP contribution in [0.2, 0.25) is 0 Å². The van der Waals surface area contributed by atoms with Gasteiger partial charge in [0.05, 0.1) is 0 Å². The van der Waals surface area contributed by atoms with Crippen molar-refractivity contribution in [2.24, 2.45) is 0 Å². The van der Waals surface area contributed by atoms with Gasteiger partial charge in [0.25, 0.3) is 0 Å². The first-order valence-electron chi connectivity index (χ1n) is 26.0. The zero-order valence-corrected chi connectivity index (χ0v) is 40.0. The third-order valence-electron chi connectivity index (χ3n) is 11.4. The lowest BCUT2D eigenvalue weighted by molar-refractivity contribution is -0.167. The molecule has 0 aliphatic carbocycles. The van der Waals surface area contributed by atoms with Gasteiger partial charge in [0.15, 0.2) is 6.10 Å². The first-order chi connectivity index (χ1) is 29.5. The molecule has 350 valence electrons. The van der Waals surface area contributed by atoms with Gasteiger partial charge in [0.1, 0.15) is 13.2 Å². The summed E-state index contributed by atoms with van der Waals surface area (Å²) in [5.74, 6) is -0.891. The summed E-state index contributed by atoms with van der Waals surface area (Å²) in [7, 11) is 0. The van der Waals surface area contributed by atoms with Gasteiger partial charge in [-0.2, -0.15) is 0 Å². The lowest BCUT2D eigenvalue weighted by Gasteiger charge is -2.18. The summed E-state index contributed by atoms with van der Waals surface area (Å²) in [6, 6.07) is 0. The van der Waals surface area contributed by atoms with E-state index in [1.54, 1.807) is 0 Å². The Kier molecular flexibility index (Phi) is 47.3. The van der Waals surface area contributed by atoms with Crippen molar-refractivity contribution in [1.29, 1.82) is 0 Å². The normalized spacial score (nSPS) is 12.2. The van der Waals surface area contributed by atoms with Crippen LogP contribution in [-0.4, -0.2) is 37.2 Å². The number of carbonyl (C=O) groups is 3. The summed E-state index contributed by atoms with van der Waals surface area (Å²) in [4.78, 5) is 37.9. The molecule has 0 heterocycles. The average Bonchev–Trinajstić information content (AvgIpc) is 3.24. The molecule has 6 heteroatoms. The second-order valence-electron chi connectivity index (χ2n) is 17.4. The summed E-state index contributed by atoms with van der Waals surface area (Å²) in [5, 5.41) is 0.